The summed E-state index contributed by atoms with van der Waals surface area (Å²) >= 11 is 0. The van der Waals surface area contributed by atoms with Crippen molar-refractivity contribution in [2.24, 2.45) is 0 Å². The molecule has 1 aliphatic rings. The molecule has 1 N–H and O–H groups in total. The van der Waals surface area contributed by atoms with Crippen molar-refractivity contribution in [3.63, 3.8) is 0 Å². The number of halogens is 1. The van der Waals surface area contributed by atoms with Crippen LogP contribution in [0.1, 0.15) is 16.1 Å². The first-order valence-electron chi connectivity index (χ1n) is 7.02. The summed E-state index contributed by atoms with van der Waals surface area (Å²) in [6.45, 7) is 1.88. The van der Waals surface area contributed by atoms with E-state index in [0.717, 1.165) is 0 Å². The number of hydrogen-bond donors (Lipinski definition) is 1. The number of fused-ring (bicyclic) bond motifs is 2. The normalized spacial score (nSPS) is 12.6. The van der Waals surface area contributed by atoms with Crippen LogP contribution in [0, 0.1) is 12.7 Å². The molecule has 1 amide bonds. The lowest BCUT2D eigenvalue weighted by atomic mass is 10.1. The van der Waals surface area contributed by atoms with Crippen molar-refractivity contribution in [1.82, 2.24) is 0 Å². The van der Waals surface area contributed by atoms with E-state index in [1.165, 1.54) is 6.07 Å². The second-order valence-corrected chi connectivity index (χ2v) is 5.19. The first-order valence-corrected chi connectivity index (χ1v) is 7.02. The van der Waals surface area contributed by atoms with Gasteiger partial charge in [-0.15, -0.1) is 0 Å². The van der Waals surface area contributed by atoms with E-state index >= 15 is 0 Å². The summed E-state index contributed by atoms with van der Waals surface area (Å²) in [6, 6.07) is 9.67. The summed E-state index contributed by atoms with van der Waals surface area (Å²) in [4.78, 5) is 12.4. The molecule has 2 aromatic carbocycles. The zero-order chi connectivity index (χ0) is 16.0. The Morgan fingerprint density at radius 1 is 1.17 bits per heavy atom. The van der Waals surface area contributed by atoms with Gasteiger partial charge in [-0.3, -0.25) is 4.79 Å². The van der Waals surface area contributed by atoms with Crippen LogP contribution in [-0.4, -0.2) is 12.7 Å². The minimum atomic E-state index is -0.493. The summed E-state index contributed by atoms with van der Waals surface area (Å²) in [5.41, 5.74) is 1.22. The standard InChI is InChI=1S/C17H12FNO4/c1-9-11-3-2-4-12(18)16(11)23-15(9)17(20)19-10-5-6-13-14(7-10)22-8-21-13/h2-7H,8H2,1H3,(H,19,20). The van der Waals surface area contributed by atoms with Gasteiger partial charge in [0.25, 0.3) is 5.91 Å². The van der Waals surface area contributed by atoms with Crippen molar-refractivity contribution in [1.29, 1.82) is 0 Å². The average molecular weight is 313 g/mol. The van der Waals surface area contributed by atoms with E-state index in [1.807, 2.05) is 0 Å². The number of carbonyl (C=O) groups excluding carboxylic acids is 1. The maximum Gasteiger partial charge on any atom is 0.291 e. The number of rotatable bonds is 2. The SMILES string of the molecule is Cc1c(C(=O)Nc2ccc3c(c2)OCO3)oc2c(F)cccc12. The fourth-order valence-electron chi connectivity index (χ4n) is 2.59. The van der Waals surface area contributed by atoms with E-state index < -0.39 is 11.7 Å². The van der Waals surface area contributed by atoms with Gasteiger partial charge in [0.1, 0.15) is 0 Å². The molecule has 0 radical (unpaired) electrons. The summed E-state index contributed by atoms with van der Waals surface area (Å²) in [5.74, 6) is 0.340. The Morgan fingerprint density at radius 3 is 2.83 bits per heavy atom. The number of aryl methyl sites for hydroxylation is 1. The highest BCUT2D eigenvalue weighted by Gasteiger charge is 2.20. The molecular weight excluding hydrogens is 301 g/mol. The van der Waals surface area contributed by atoms with Crippen molar-refractivity contribution < 1.29 is 23.1 Å². The maximum atomic E-state index is 13.8. The molecule has 5 nitrogen and oxygen atoms in total. The molecule has 0 aliphatic carbocycles. The van der Waals surface area contributed by atoms with Crippen LogP contribution in [-0.2, 0) is 0 Å². The lowest BCUT2D eigenvalue weighted by Gasteiger charge is -2.05. The number of carbonyl (C=O) groups is 1. The van der Waals surface area contributed by atoms with E-state index in [-0.39, 0.29) is 18.1 Å². The molecule has 4 rings (SSSR count). The van der Waals surface area contributed by atoms with Crippen LogP contribution in [0.3, 0.4) is 0 Å². The lowest BCUT2D eigenvalue weighted by molar-refractivity contribution is 0.0997. The first kappa shape index (κ1) is 13.6. The van der Waals surface area contributed by atoms with Crippen LogP contribution < -0.4 is 14.8 Å². The Kier molecular flexibility index (Phi) is 2.97. The predicted octanol–water partition coefficient (Wildman–Crippen LogP) is 3.86. The van der Waals surface area contributed by atoms with Gasteiger partial charge in [0.15, 0.2) is 28.7 Å². The third kappa shape index (κ3) is 2.19. The highest BCUT2D eigenvalue weighted by Crippen LogP contribution is 2.34. The third-order valence-corrected chi connectivity index (χ3v) is 3.75. The van der Waals surface area contributed by atoms with E-state index in [4.69, 9.17) is 13.9 Å². The van der Waals surface area contributed by atoms with Gasteiger partial charge in [-0.2, -0.15) is 0 Å². The fourth-order valence-corrected chi connectivity index (χ4v) is 2.59. The molecule has 6 heteroatoms. The topological polar surface area (TPSA) is 60.7 Å². The maximum absolute atomic E-state index is 13.8. The van der Waals surface area contributed by atoms with Crippen LogP contribution in [0.15, 0.2) is 40.8 Å². The average Bonchev–Trinajstić information content (AvgIpc) is 3.13. The van der Waals surface area contributed by atoms with Crippen LogP contribution in [0.2, 0.25) is 0 Å². The Labute approximate surface area is 130 Å². The number of para-hydroxylation sites is 1. The number of amides is 1. The van der Waals surface area contributed by atoms with Crippen LogP contribution >= 0.6 is 0 Å². The van der Waals surface area contributed by atoms with Crippen LogP contribution in [0.25, 0.3) is 11.0 Å². The van der Waals surface area contributed by atoms with Gasteiger partial charge in [0.2, 0.25) is 6.79 Å². The second-order valence-electron chi connectivity index (χ2n) is 5.19. The molecule has 0 fully saturated rings. The van der Waals surface area contributed by atoms with Gasteiger partial charge in [-0.25, -0.2) is 4.39 Å². The first-order chi connectivity index (χ1) is 11.1. The number of benzene rings is 2. The summed E-state index contributed by atoms with van der Waals surface area (Å²) in [5, 5.41) is 3.30. The third-order valence-electron chi connectivity index (χ3n) is 3.75. The molecule has 23 heavy (non-hydrogen) atoms. The van der Waals surface area contributed by atoms with Gasteiger partial charge in [0, 0.05) is 22.7 Å². The Morgan fingerprint density at radius 2 is 2.00 bits per heavy atom. The van der Waals surface area contributed by atoms with E-state index in [0.29, 0.717) is 28.1 Å². The van der Waals surface area contributed by atoms with Gasteiger partial charge in [0.05, 0.1) is 0 Å². The molecule has 1 aromatic heterocycles. The molecule has 0 saturated heterocycles. The minimum absolute atomic E-state index is 0.0841. The summed E-state index contributed by atoms with van der Waals surface area (Å²) in [7, 11) is 0. The van der Waals surface area contributed by atoms with Gasteiger partial charge >= 0.3 is 0 Å². The van der Waals surface area contributed by atoms with Crippen molar-refractivity contribution in [3.05, 3.63) is 53.5 Å². The Hall–Kier alpha value is -3.02. The lowest BCUT2D eigenvalue weighted by Crippen LogP contribution is -2.12. The van der Waals surface area contributed by atoms with Gasteiger partial charge in [-0.05, 0) is 25.1 Å². The van der Waals surface area contributed by atoms with E-state index in [2.05, 4.69) is 5.32 Å². The van der Waals surface area contributed by atoms with Gasteiger partial charge < -0.3 is 19.2 Å². The highest BCUT2D eigenvalue weighted by molar-refractivity contribution is 6.06. The van der Waals surface area contributed by atoms with Crippen LogP contribution in [0.5, 0.6) is 11.5 Å². The summed E-state index contributed by atoms with van der Waals surface area (Å²) < 4.78 is 29.7. The molecular formula is C17H12FNO4. The Balaban J connectivity index is 1.67. The molecule has 0 bridgehead atoms. The molecule has 3 aromatic rings. The smallest absolute Gasteiger partial charge is 0.291 e. The molecule has 0 spiro atoms. The van der Waals surface area contributed by atoms with Crippen LogP contribution in [0.4, 0.5) is 10.1 Å². The number of furan rings is 1. The Bertz CT molecular complexity index is 932. The van der Waals surface area contributed by atoms with Crippen molar-refractivity contribution in [2.45, 2.75) is 6.92 Å². The zero-order valence-corrected chi connectivity index (χ0v) is 12.2. The summed E-state index contributed by atoms with van der Waals surface area (Å²) in [6.07, 6.45) is 0. The molecule has 1 aliphatic heterocycles. The monoisotopic (exact) mass is 313 g/mol. The quantitative estimate of drug-likeness (QED) is 0.780. The van der Waals surface area contributed by atoms with E-state index in [1.54, 1.807) is 37.3 Å². The molecule has 0 saturated carbocycles. The molecule has 116 valence electrons. The fraction of sp³-hybridized carbons (Fsp3) is 0.118. The van der Waals surface area contributed by atoms with E-state index in [9.17, 15) is 9.18 Å². The van der Waals surface area contributed by atoms with Crippen molar-refractivity contribution in [3.8, 4) is 11.5 Å². The number of anilines is 1. The zero-order valence-electron chi connectivity index (χ0n) is 12.2. The number of hydrogen-bond acceptors (Lipinski definition) is 4. The molecule has 0 unspecified atom stereocenters. The largest absolute Gasteiger partial charge is 0.454 e. The molecule has 0 atom stereocenters. The number of nitrogens with one attached hydrogen (secondary N) is 1. The number of ether oxygens (including phenoxy) is 2. The van der Waals surface area contributed by atoms with Gasteiger partial charge in [-0.1, -0.05) is 12.1 Å². The highest BCUT2D eigenvalue weighted by atomic mass is 19.1. The van der Waals surface area contributed by atoms with Crippen molar-refractivity contribution in [2.75, 3.05) is 12.1 Å². The minimum Gasteiger partial charge on any atom is -0.454 e. The second kappa shape index (κ2) is 5.01. The molecule has 2 heterocycles. The predicted molar refractivity (Wildman–Crippen MR) is 81.4 cm³/mol. The van der Waals surface area contributed by atoms with Crippen molar-refractivity contribution >= 4 is 22.6 Å².